The van der Waals surface area contributed by atoms with Gasteiger partial charge in [0.05, 0.1) is 5.92 Å². The minimum absolute atomic E-state index is 0.0742. The molecule has 4 nitrogen and oxygen atoms in total. The number of primary amides is 1. The zero-order valence-electron chi connectivity index (χ0n) is 7.62. The first-order valence-electron chi connectivity index (χ1n) is 4.65. The molecule has 74 valence electrons. The molecule has 1 aliphatic heterocycles. The average Bonchev–Trinajstić information content (AvgIpc) is 2.08. The van der Waals surface area contributed by atoms with Gasteiger partial charge in [0, 0.05) is 6.42 Å². The van der Waals surface area contributed by atoms with Crippen LogP contribution < -0.4 is 5.73 Å². The number of unbranched alkanes of at least 4 members (excludes halogenated alkanes) is 2. The maximum absolute atomic E-state index is 10.7. The number of carbonyl (C=O) groups excluding carboxylic acids is 2. The number of hydrogen-bond acceptors (Lipinski definition) is 3. The van der Waals surface area contributed by atoms with E-state index in [-0.39, 0.29) is 17.8 Å². The van der Waals surface area contributed by atoms with Crippen molar-refractivity contribution in [2.24, 2.45) is 11.7 Å². The molecule has 1 rings (SSSR count). The summed E-state index contributed by atoms with van der Waals surface area (Å²) in [5.74, 6) is -0.202. The van der Waals surface area contributed by atoms with Gasteiger partial charge >= 0.3 is 5.97 Å². The van der Waals surface area contributed by atoms with Crippen molar-refractivity contribution in [3.05, 3.63) is 0 Å². The van der Waals surface area contributed by atoms with E-state index in [4.69, 9.17) is 5.73 Å². The van der Waals surface area contributed by atoms with Crippen LogP contribution in [0.2, 0.25) is 0 Å². The van der Waals surface area contributed by atoms with Gasteiger partial charge in [0.25, 0.3) is 0 Å². The van der Waals surface area contributed by atoms with Gasteiger partial charge in [-0.1, -0.05) is 12.8 Å². The third-order valence-electron chi connectivity index (χ3n) is 2.24. The molecule has 0 aromatic carbocycles. The number of rotatable bonds is 6. The van der Waals surface area contributed by atoms with Crippen molar-refractivity contribution < 1.29 is 14.3 Å². The standard InChI is InChI=1S/C9H15NO3/c10-8(11)5-3-1-2-4-7-6-13-9(7)12/h7H,1-6H2,(H2,10,11)/t7-/m1/s1. The van der Waals surface area contributed by atoms with Crippen molar-refractivity contribution in [1.29, 1.82) is 0 Å². The number of ether oxygens (including phenoxy) is 1. The van der Waals surface area contributed by atoms with E-state index < -0.39 is 0 Å². The Labute approximate surface area is 77.4 Å². The Balaban J connectivity index is 1.89. The van der Waals surface area contributed by atoms with Crippen molar-refractivity contribution >= 4 is 11.9 Å². The molecule has 0 aromatic heterocycles. The normalized spacial score (nSPS) is 20.6. The molecular weight excluding hydrogens is 170 g/mol. The van der Waals surface area contributed by atoms with Crippen molar-refractivity contribution in [3.8, 4) is 0 Å². The summed E-state index contributed by atoms with van der Waals surface area (Å²) in [7, 11) is 0. The molecule has 1 heterocycles. The Bertz CT molecular complexity index is 203. The molecule has 0 unspecified atom stereocenters. The van der Waals surface area contributed by atoms with Crippen LogP contribution in [0.4, 0.5) is 0 Å². The van der Waals surface area contributed by atoms with E-state index in [1.54, 1.807) is 0 Å². The molecule has 0 aromatic rings. The summed E-state index contributed by atoms with van der Waals surface area (Å²) in [5.41, 5.74) is 4.98. The summed E-state index contributed by atoms with van der Waals surface area (Å²) in [5, 5.41) is 0. The summed E-state index contributed by atoms with van der Waals surface area (Å²) >= 11 is 0. The highest BCUT2D eigenvalue weighted by Gasteiger charge is 2.29. The highest BCUT2D eigenvalue weighted by Crippen LogP contribution is 2.19. The first kappa shape index (κ1) is 10.0. The smallest absolute Gasteiger partial charge is 0.312 e. The van der Waals surface area contributed by atoms with Crippen LogP contribution in [0.15, 0.2) is 0 Å². The van der Waals surface area contributed by atoms with Crippen LogP contribution >= 0.6 is 0 Å². The Morgan fingerprint density at radius 2 is 2.23 bits per heavy atom. The van der Waals surface area contributed by atoms with Gasteiger partial charge in [-0.2, -0.15) is 0 Å². The summed E-state index contributed by atoms with van der Waals surface area (Å²) in [6.45, 7) is 0.578. The first-order valence-corrected chi connectivity index (χ1v) is 4.65. The number of carbonyl (C=O) groups is 2. The average molecular weight is 185 g/mol. The highest BCUT2D eigenvalue weighted by atomic mass is 16.6. The molecule has 0 bridgehead atoms. The van der Waals surface area contributed by atoms with Crippen molar-refractivity contribution in [2.45, 2.75) is 32.1 Å². The predicted molar refractivity (Wildman–Crippen MR) is 46.7 cm³/mol. The topological polar surface area (TPSA) is 69.4 Å². The van der Waals surface area contributed by atoms with Crippen LogP contribution in [0.5, 0.6) is 0 Å². The number of esters is 1. The molecule has 0 radical (unpaired) electrons. The van der Waals surface area contributed by atoms with Crippen LogP contribution in [0.3, 0.4) is 0 Å². The van der Waals surface area contributed by atoms with Crippen LogP contribution in [0, 0.1) is 5.92 Å². The minimum atomic E-state index is -0.247. The summed E-state index contributed by atoms with van der Waals surface area (Å²) in [6.07, 6.45) is 4.11. The Kier molecular flexibility index (Phi) is 3.73. The van der Waals surface area contributed by atoms with Crippen LogP contribution in [-0.4, -0.2) is 18.5 Å². The van der Waals surface area contributed by atoms with E-state index in [1.165, 1.54) is 0 Å². The molecule has 2 N–H and O–H groups in total. The fourth-order valence-electron chi connectivity index (χ4n) is 1.34. The van der Waals surface area contributed by atoms with E-state index in [1.807, 2.05) is 0 Å². The van der Waals surface area contributed by atoms with Gasteiger partial charge in [0.15, 0.2) is 0 Å². The van der Waals surface area contributed by atoms with Gasteiger partial charge in [0.1, 0.15) is 6.61 Å². The quantitative estimate of drug-likeness (QED) is 0.486. The number of hydrogen-bond donors (Lipinski definition) is 1. The molecule has 13 heavy (non-hydrogen) atoms. The van der Waals surface area contributed by atoms with Gasteiger partial charge < -0.3 is 10.5 Å². The van der Waals surface area contributed by atoms with E-state index >= 15 is 0 Å². The monoisotopic (exact) mass is 185 g/mol. The third-order valence-corrected chi connectivity index (χ3v) is 2.24. The minimum Gasteiger partial charge on any atom is -0.464 e. The zero-order chi connectivity index (χ0) is 9.68. The van der Waals surface area contributed by atoms with Crippen molar-refractivity contribution in [3.63, 3.8) is 0 Å². The maximum Gasteiger partial charge on any atom is 0.312 e. The lowest BCUT2D eigenvalue weighted by Gasteiger charge is -2.23. The second-order valence-corrected chi connectivity index (χ2v) is 3.39. The van der Waals surface area contributed by atoms with Crippen LogP contribution in [0.1, 0.15) is 32.1 Å². The second-order valence-electron chi connectivity index (χ2n) is 3.39. The molecule has 1 aliphatic rings. The van der Waals surface area contributed by atoms with Gasteiger partial charge in [0.2, 0.25) is 5.91 Å². The van der Waals surface area contributed by atoms with Gasteiger partial charge in [-0.05, 0) is 12.8 Å². The van der Waals surface area contributed by atoms with E-state index in [9.17, 15) is 9.59 Å². The van der Waals surface area contributed by atoms with Crippen LogP contribution in [-0.2, 0) is 14.3 Å². The molecule has 1 saturated heterocycles. The van der Waals surface area contributed by atoms with E-state index in [0.29, 0.717) is 13.0 Å². The van der Waals surface area contributed by atoms with E-state index in [2.05, 4.69) is 4.74 Å². The molecule has 0 saturated carbocycles. The summed E-state index contributed by atoms with van der Waals surface area (Å²) in [4.78, 5) is 21.1. The summed E-state index contributed by atoms with van der Waals surface area (Å²) in [6, 6.07) is 0. The number of amides is 1. The van der Waals surface area contributed by atoms with Gasteiger partial charge in [-0.3, -0.25) is 9.59 Å². The lowest BCUT2D eigenvalue weighted by molar-refractivity contribution is -0.169. The first-order chi connectivity index (χ1) is 6.20. The molecule has 0 aliphatic carbocycles. The Hall–Kier alpha value is -1.06. The number of cyclic esters (lactones) is 1. The molecule has 1 fully saturated rings. The second kappa shape index (κ2) is 4.84. The largest absolute Gasteiger partial charge is 0.464 e. The zero-order valence-corrected chi connectivity index (χ0v) is 7.62. The summed E-state index contributed by atoms with van der Waals surface area (Å²) < 4.78 is 4.63. The fraction of sp³-hybridized carbons (Fsp3) is 0.778. The fourth-order valence-corrected chi connectivity index (χ4v) is 1.34. The molecule has 1 amide bonds. The highest BCUT2D eigenvalue weighted by molar-refractivity contribution is 5.77. The Morgan fingerprint density at radius 3 is 2.69 bits per heavy atom. The molecular formula is C9H15NO3. The molecule has 4 heteroatoms. The van der Waals surface area contributed by atoms with Crippen molar-refractivity contribution in [2.75, 3.05) is 6.61 Å². The Morgan fingerprint density at radius 1 is 1.46 bits per heavy atom. The lowest BCUT2D eigenvalue weighted by Crippen LogP contribution is -2.34. The SMILES string of the molecule is NC(=O)CCCCC[C@@H]1COC1=O. The van der Waals surface area contributed by atoms with Crippen molar-refractivity contribution in [1.82, 2.24) is 0 Å². The van der Waals surface area contributed by atoms with Gasteiger partial charge in [-0.15, -0.1) is 0 Å². The molecule has 1 atom stereocenters. The third kappa shape index (κ3) is 3.44. The predicted octanol–water partition coefficient (Wildman–Crippen LogP) is 0.595. The van der Waals surface area contributed by atoms with Gasteiger partial charge in [-0.25, -0.2) is 0 Å². The maximum atomic E-state index is 10.7. The number of nitrogens with two attached hydrogens (primary N) is 1. The molecule has 0 spiro atoms. The lowest BCUT2D eigenvalue weighted by atomic mass is 9.98. The van der Waals surface area contributed by atoms with E-state index in [0.717, 1.165) is 25.7 Å². The van der Waals surface area contributed by atoms with Crippen LogP contribution in [0.25, 0.3) is 0 Å².